The largest absolute Gasteiger partial charge is 0.457 e. The Morgan fingerprint density at radius 3 is 1.46 bits per heavy atom. The summed E-state index contributed by atoms with van der Waals surface area (Å²) in [6.07, 6.45) is 0. The minimum absolute atomic E-state index is 0.182. The molecule has 8 aromatic carbocycles. The van der Waals surface area contributed by atoms with E-state index >= 15 is 0 Å². The number of hydrogen-bond acceptors (Lipinski definition) is 6. The molecule has 0 aliphatic carbocycles. The Labute approximate surface area is 467 Å². The van der Waals surface area contributed by atoms with Crippen LogP contribution in [0.25, 0.3) is 111 Å². The van der Waals surface area contributed by atoms with Gasteiger partial charge in [0, 0.05) is 16.6 Å². The predicted octanol–water partition coefficient (Wildman–Crippen LogP) is 19.8. The maximum absolute atomic E-state index is 7.22. The summed E-state index contributed by atoms with van der Waals surface area (Å²) in [5.74, 6) is 3.69. The lowest BCUT2D eigenvalue weighted by Gasteiger charge is -2.24. The quantitative estimate of drug-likeness (QED) is 0.121. The molecule has 0 fully saturated rings. The van der Waals surface area contributed by atoms with E-state index in [-0.39, 0.29) is 23.7 Å². The highest BCUT2D eigenvalue weighted by Crippen LogP contribution is 2.46. The third-order valence-electron chi connectivity index (χ3n) is 15.8. The molecule has 0 saturated heterocycles. The molecule has 0 bridgehead atoms. The highest BCUT2D eigenvalue weighted by atomic mass is 16.5. The van der Waals surface area contributed by atoms with Gasteiger partial charge < -0.3 is 9.15 Å². The van der Waals surface area contributed by atoms with E-state index in [1.807, 2.05) is 19.9 Å². The average molecular weight is 1050 g/mol. The van der Waals surface area contributed by atoms with Crippen molar-refractivity contribution in [3.63, 3.8) is 0 Å². The van der Waals surface area contributed by atoms with Crippen LogP contribution in [0.2, 0.25) is 0 Å². The molecule has 13 aromatic rings. The lowest BCUT2D eigenvalue weighted by Crippen LogP contribution is -2.09. The van der Waals surface area contributed by atoms with E-state index in [4.69, 9.17) is 29.1 Å². The van der Waals surface area contributed by atoms with Crippen molar-refractivity contribution in [2.45, 2.75) is 92.9 Å². The van der Waals surface area contributed by atoms with Gasteiger partial charge in [0.25, 0.3) is 0 Å². The first-order chi connectivity index (χ1) is 38.8. The molecule has 394 valence electrons. The molecule has 0 aliphatic rings. The van der Waals surface area contributed by atoms with Crippen LogP contribution in [0.1, 0.15) is 113 Å². The molecule has 8 nitrogen and oxygen atoms in total. The van der Waals surface area contributed by atoms with Crippen molar-refractivity contribution in [2.24, 2.45) is 0 Å². The molecule has 0 amide bonds. The topological polar surface area (TPSA) is 83.8 Å². The zero-order valence-corrected chi connectivity index (χ0v) is 47.1. The van der Waals surface area contributed by atoms with Gasteiger partial charge in [0.2, 0.25) is 0 Å². The molecular weight excluding hydrogens is 981 g/mol. The van der Waals surface area contributed by atoms with Crippen molar-refractivity contribution in [2.75, 3.05) is 0 Å². The zero-order chi connectivity index (χ0) is 55.1. The number of fused-ring (bicyclic) bond motifs is 6. The number of para-hydroxylation sites is 4. The van der Waals surface area contributed by atoms with Gasteiger partial charge in [-0.05, 0) is 167 Å². The summed E-state index contributed by atoms with van der Waals surface area (Å²) in [5, 5.41) is 1.80. The Hall–Kier alpha value is -9.14. The molecule has 0 N–H and O–H groups in total. The van der Waals surface area contributed by atoms with Gasteiger partial charge in [0.05, 0.1) is 55.6 Å². The number of aryl methyl sites for hydroxylation is 2. The number of benzene rings is 8. The first-order valence-corrected chi connectivity index (χ1v) is 28.1. The van der Waals surface area contributed by atoms with E-state index in [0.29, 0.717) is 22.7 Å². The lowest BCUT2D eigenvalue weighted by molar-refractivity contribution is 0.483. The molecule has 8 heteroatoms. The smallest absolute Gasteiger partial charge is 0.154 e. The maximum Gasteiger partial charge on any atom is 0.154 e. The third kappa shape index (κ3) is 8.70. The Balaban J connectivity index is 1.03. The third-order valence-corrected chi connectivity index (χ3v) is 15.8. The van der Waals surface area contributed by atoms with Crippen LogP contribution in [0, 0.1) is 13.8 Å². The Bertz CT molecular complexity index is 4480. The fourth-order valence-electron chi connectivity index (χ4n) is 11.9. The van der Waals surface area contributed by atoms with Crippen LogP contribution in [-0.4, -0.2) is 29.1 Å². The fourth-order valence-corrected chi connectivity index (χ4v) is 11.9. The van der Waals surface area contributed by atoms with Crippen molar-refractivity contribution < 1.29 is 9.15 Å². The van der Waals surface area contributed by atoms with Crippen molar-refractivity contribution in [3.8, 4) is 67.9 Å². The number of imidazole rings is 2. The second-order valence-electron chi connectivity index (χ2n) is 22.7. The van der Waals surface area contributed by atoms with E-state index in [1.165, 1.54) is 50.2 Å². The molecule has 0 saturated carbocycles. The molecule has 5 aromatic heterocycles. The van der Waals surface area contributed by atoms with Gasteiger partial charge >= 0.3 is 0 Å². The molecule has 0 aliphatic heterocycles. The molecular formula is C72H64N6O2. The Kier molecular flexibility index (Phi) is 12.6. The van der Waals surface area contributed by atoms with E-state index < -0.39 is 0 Å². The van der Waals surface area contributed by atoms with Crippen molar-refractivity contribution >= 4 is 55.0 Å². The summed E-state index contributed by atoms with van der Waals surface area (Å²) in [6.45, 7) is 22.4. The van der Waals surface area contributed by atoms with Crippen LogP contribution in [0.5, 0.6) is 11.5 Å². The van der Waals surface area contributed by atoms with Gasteiger partial charge in [-0.2, -0.15) is 0 Å². The number of nitrogens with zero attached hydrogens (tertiary/aromatic N) is 6. The van der Waals surface area contributed by atoms with Gasteiger partial charge in [-0.25, -0.2) is 15.0 Å². The number of ether oxygens (including phenoxy) is 1. The highest BCUT2D eigenvalue weighted by molar-refractivity contribution is 6.11. The van der Waals surface area contributed by atoms with Gasteiger partial charge in [-0.15, -0.1) is 0 Å². The zero-order valence-electron chi connectivity index (χ0n) is 47.1. The van der Waals surface area contributed by atoms with E-state index in [9.17, 15) is 0 Å². The van der Waals surface area contributed by atoms with Crippen LogP contribution in [0.3, 0.4) is 0 Å². The van der Waals surface area contributed by atoms with E-state index in [1.54, 1.807) is 0 Å². The second-order valence-corrected chi connectivity index (χ2v) is 22.7. The Morgan fingerprint density at radius 1 is 0.412 bits per heavy atom. The van der Waals surface area contributed by atoms with Crippen molar-refractivity contribution in [1.29, 1.82) is 0 Å². The first kappa shape index (κ1) is 50.4. The molecule has 13 rings (SSSR count). The molecule has 0 spiro atoms. The number of furan rings is 1. The van der Waals surface area contributed by atoms with Gasteiger partial charge in [0.15, 0.2) is 5.58 Å². The number of rotatable bonds is 12. The first-order valence-electron chi connectivity index (χ1n) is 28.1. The second kappa shape index (κ2) is 19.9. The SMILES string of the molecule is Cc1cc2cc3oc4c(-c5nc6ccccc6n5-c5c(C(C)C)cc(-c6ccccc6)cc5C(C)C)cc(Oc5cccc(-c6nc7ccccc7n6-c6c(C(C)C)cc(-c7ccccc7)cc6C(C)C)c5)cc4c3nc2c(C)n1. The molecule has 0 unspecified atom stereocenters. The molecule has 5 heterocycles. The summed E-state index contributed by atoms with van der Waals surface area (Å²) in [5.41, 5.74) is 22.4. The minimum atomic E-state index is 0.182. The van der Waals surface area contributed by atoms with Crippen LogP contribution >= 0.6 is 0 Å². The monoisotopic (exact) mass is 1040 g/mol. The molecule has 0 radical (unpaired) electrons. The molecule has 80 heavy (non-hydrogen) atoms. The highest BCUT2D eigenvalue weighted by Gasteiger charge is 2.28. The maximum atomic E-state index is 7.22. The summed E-state index contributed by atoms with van der Waals surface area (Å²) >= 11 is 0. The number of aromatic nitrogens is 6. The summed E-state index contributed by atoms with van der Waals surface area (Å²) in [7, 11) is 0. The van der Waals surface area contributed by atoms with E-state index in [0.717, 1.165) is 83.7 Å². The van der Waals surface area contributed by atoms with E-state index in [2.05, 4.69) is 240 Å². The van der Waals surface area contributed by atoms with Crippen molar-refractivity contribution in [3.05, 3.63) is 216 Å². The number of hydrogen-bond donors (Lipinski definition) is 0. The van der Waals surface area contributed by atoms with Gasteiger partial charge in [-0.3, -0.25) is 14.1 Å². The van der Waals surface area contributed by atoms with Crippen LogP contribution in [-0.2, 0) is 0 Å². The van der Waals surface area contributed by atoms with Gasteiger partial charge in [0.1, 0.15) is 34.2 Å². The minimum Gasteiger partial charge on any atom is -0.457 e. The normalized spacial score (nSPS) is 12.1. The fraction of sp³-hybridized carbons (Fsp3) is 0.194. The van der Waals surface area contributed by atoms with Crippen molar-refractivity contribution in [1.82, 2.24) is 29.1 Å². The van der Waals surface area contributed by atoms with Crippen LogP contribution in [0.4, 0.5) is 0 Å². The Morgan fingerprint density at radius 2 is 0.912 bits per heavy atom. The number of pyridine rings is 2. The summed E-state index contributed by atoms with van der Waals surface area (Å²) < 4.78 is 19.1. The average Bonchev–Trinajstić information content (AvgIpc) is 4.35. The predicted molar refractivity (Wildman–Crippen MR) is 330 cm³/mol. The van der Waals surface area contributed by atoms with Crippen LogP contribution < -0.4 is 4.74 Å². The van der Waals surface area contributed by atoms with Crippen LogP contribution in [0.15, 0.2) is 186 Å². The summed E-state index contributed by atoms with van der Waals surface area (Å²) in [6, 6.07) is 64.5. The standard InChI is InChI=1S/C72H64N6O2/c1-41(2)55-34-50(47-22-13-11-14-23-47)35-56(42(3)4)68(55)77-63-30-19-17-28-61(63)74-71(77)49-26-21-27-53(33-49)79-54-39-59-67-65(38-52-32-45(9)73-46(10)66(52)76-67)80-70(59)60(40-54)72-75-62-29-18-20-31-64(62)78(72)69-57(43(5)6)36-51(37-58(69)44(7)8)48-24-15-12-16-25-48/h11-44H,1-10H3. The summed E-state index contributed by atoms with van der Waals surface area (Å²) in [4.78, 5) is 21.2. The van der Waals surface area contributed by atoms with Gasteiger partial charge in [-0.1, -0.05) is 152 Å². The molecule has 0 atom stereocenters. The lowest BCUT2D eigenvalue weighted by atomic mass is 9.88.